The minimum Gasteiger partial charge on any atom is -0.497 e. The largest absolute Gasteiger partial charge is 0.497 e. The van der Waals surface area contributed by atoms with E-state index in [1.54, 1.807) is 36.3 Å². The van der Waals surface area contributed by atoms with Crippen LogP contribution in [0, 0.1) is 6.92 Å². The van der Waals surface area contributed by atoms with Gasteiger partial charge >= 0.3 is 6.03 Å². The minimum atomic E-state index is -3.54. The summed E-state index contributed by atoms with van der Waals surface area (Å²) in [6.45, 7) is 3.50. The number of aryl methyl sites for hydroxylation is 1. The molecule has 2 amide bonds. The van der Waals surface area contributed by atoms with Crippen LogP contribution in [0.3, 0.4) is 0 Å². The molecule has 0 unspecified atom stereocenters. The first-order valence-electron chi connectivity index (χ1n) is 10.2. The predicted molar refractivity (Wildman–Crippen MR) is 116 cm³/mol. The fourth-order valence-electron chi connectivity index (χ4n) is 4.13. The molecule has 30 heavy (non-hydrogen) atoms. The number of sulfonamides is 1. The molecule has 0 radical (unpaired) electrons. The summed E-state index contributed by atoms with van der Waals surface area (Å²) >= 11 is 0. The number of urea groups is 1. The molecule has 0 aromatic heterocycles. The van der Waals surface area contributed by atoms with Gasteiger partial charge in [-0.2, -0.15) is 4.31 Å². The molecule has 2 aliphatic heterocycles. The Morgan fingerprint density at radius 2 is 1.77 bits per heavy atom. The average Bonchev–Trinajstić information content (AvgIpc) is 3.17. The van der Waals surface area contributed by atoms with Gasteiger partial charge < -0.3 is 10.1 Å². The molecule has 2 heterocycles. The second kappa shape index (κ2) is 8.28. The molecule has 0 spiro atoms. The summed E-state index contributed by atoms with van der Waals surface area (Å²) in [6.07, 6.45) is 2.05. The molecule has 7 nitrogen and oxygen atoms in total. The first kappa shape index (κ1) is 20.7. The second-order valence-corrected chi connectivity index (χ2v) is 9.78. The van der Waals surface area contributed by atoms with E-state index in [-0.39, 0.29) is 17.0 Å². The van der Waals surface area contributed by atoms with Crippen LogP contribution in [0.4, 0.5) is 10.5 Å². The van der Waals surface area contributed by atoms with Crippen LogP contribution in [0.1, 0.15) is 24.0 Å². The number of amides is 2. The summed E-state index contributed by atoms with van der Waals surface area (Å²) in [6, 6.07) is 12.4. The van der Waals surface area contributed by atoms with E-state index in [0.717, 1.165) is 12.1 Å². The number of piperidine rings is 1. The van der Waals surface area contributed by atoms with Crippen molar-refractivity contribution in [2.45, 2.75) is 37.1 Å². The topological polar surface area (TPSA) is 79.0 Å². The maximum Gasteiger partial charge on any atom is 0.322 e. The van der Waals surface area contributed by atoms with Gasteiger partial charge in [-0.15, -0.1) is 0 Å². The number of hydrogen-bond acceptors (Lipinski definition) is 4. The molecule has 1 N–H and O–H groups in total. The van der Waals surface area contributed by atoms with Crippen molar-refractivity contribution in [2.75, 3.05) is 31.6 Å². The lowest BCUT2D eigenvalue weighted by atomic mass is 10.1. The number of carbonyl (C=O) groups is 1. The third-order valence-corrected chi connectivity index (χ3v) is 7.77. The number of nitrogens with one attached hydrogen (secondary N) is 1. The minimum absolute atomic E-state index is 0.0330. The van der Waals surface area contributed by atoms with Crippen molar-refractivity contribution in [2.24, 2.45) is 0 Å². The van der Waals surface area contributed by atoms with Crippen LogP contribution in [0.2, 0.25) is 0 Å². The van der Waals surface area contributed by atoms with Crippen molar-refractivity contribution < 1.29 is 17.9 Å². The van der Waals surface area contributed by atoms with Crippen LogP contribution in [-0.4, -0.2) is 51.5 Å². The van der Waals surface area contributed by atoms with Gasteiger partial charge in [-0.3, -0.25) is 4.90 Å². The Balaban J connectivity index is 1.35. The van der Waals surface area contributed by atoms with Gasteiger partial charge in [0.2, 0.25) is 10.0 Å². The number of anilines is 1. The van der Waals surface area contributed by atoms with Gasteiger partial charge in [-0.25, -0.2) is 13.2 Å². The van der Waals surface area contributed by atoms with E-state index < -0.39 is 10.0 Å². The third-order valence-electron chi connectivity index (χ3n) is 5.85. The van der Waals surface area contributed by atoms with E-state index in [0.29, 0.717) is 38.2 Å². The molecule has 1 saturated heterocycles. The van der Waals surface area contributed by atoms with Crippen LogP contribution in [0.15, 0.2) is 47.4 Å². The van der Waals surface area contributed by atoms with Crippen molar-refractivity contribution in [1.29, 1.82) is 0 Å². The van der Waals surface area contributed by atoms with Gasteiger partial charge in [-0.05, 0) is 62.1 Å². The Kier molecular flexibility index (Phi) is 5.71. The van der Waals surface area contributed by atoms with E-state index in [1.807, 2.05) is 12.1 Å². The van der Waals surface area contributed by atoms with E-state index in [2.05, 4.69) is 18.3 Å². The first-order chi connectivity index (χ1) is 14.4. The molecule has 0 saturated carbocycles. The fraction of sp³-hybridized carbons (Fsp3) is 0.409. The number of methoxy groups -OCH3 is 1. The molecule has 0 bridgehead atoms. The Bertz CT molecular complexity index is 1030. The number of rotatable bonds is 4. The highest BCUT2D eigenvalue weighted by Gasteiger charge is 2.32. The highest BCUT2D eigenvalue weighted by molar-refractivity contribution is 7.89. The zero-order chi connectivity index (χ0) is 21.3. The molecule has 0 atom stereocenters. The van der Waals surface area contributed by atoms with Gasteiger partial charge in [0.15, 0.2) is 0 Å². The van der Waals surface area contributed by atoms with Crippen LogP contribution >= 0.6 is 0 Å². The lowest BCUT2D eigenvalue weighted by molar-refractivity contribution is 0.233. The molecule has 0 aliphatic carbocycles. The van der Waals surface area contributed by atoms with Crippen molar-refractivity contribution in [1.82, 2.24) is 9.62 Å². The lowest BCUT2D eigenvalue weighted by Crippen LogP contribution is -2.50. The number of ether oxygens (including phenoxy) is 1. The quantitative estimate of drug-likeness (QED) is 0.811. The molecule has 2 aliphatic rings. The summed E-state index contributed by atoms with van der Waals surface area (Å²) in [5.41, 5.74) is 3.37. The Hall–Kier alpha value is -2.58. The van der Waals surface area contributed by atoms with E-state index in [4.69, 9.17) is 4.74 Å². The van der Waals surface area contributed by atoms with Crippen LogP contribution < -0.4 is 15.0 Å². The van der Waals surface area contributed by atoms with E-state index in [1.165, 1.54) is 15.4 Å². The van der Waals surface area contributed by atoms with Crippen LogP contribution in [0.25, 0.3) is 0 Å². The number of nitrogens with zero attached hydrogens (tertiary/aromatic N) is 2. The molecule has 2 aromatic carbocycles. The highest BCUT2D eigenvalue weighted by atomic mass is 32.2. The maximum atomic E-state index is 12.9. The number of hydrogen-bond donors (Lipinski definition) is 1. The second-order valence-electron chi connectivity index (χ2n) is 7.84. The summed E-state index contributed by atoms with van der Waals surface area (Å²) < 4.78 is 32.3. The number of carbonyl (C=O) groups excluding carboxylic acids is 1. The predicted octanol–water partition coefficient (Wildman–Crippen LogP) is 2.93. The lowest BCUT2D eigenvalue weighted by Gasteiger charge is -2.32. The Morgan fingerprint density at radius 1 is 1.07 bits per heavy atom. The highest BCUT2D eigenvalue weighted by Crippen LogP contribution is 2.29. The van der Waals surface area contributed by atoms with Crippen molar-refractivity contribution in [3.63, 3.8) is 0 Å². The van der Waals surface area contributed by atoms with Gasteiger partial charge in [-0.1, -0.05) is 17.7 Å². The zero-order valence-electron chi connectivity index (χ0n) is 17.3. The Labute approximate surface area is 177 Å². The standard InChI is InChI=1S/C22H27N3O4S/c1-16-3-8-21-17(15-16)9-14-25(21)22(26)23-18-10-12-24(13-11-18)30(27,28)20-6-4-19(29-2)5-7-20/h3-8,15,18H,9-14H2,1-2H3,(H,23,26). The van der Waals surface area contributed by atoms with Gasteiger partial charge in [0, 0.05) is 31.4 Å². The van der Waals surface area contributed by atoms with E-state index in [9.17, 15) is 13.2 Å². The first-order valence-corrected chi connectivity index (χ1v) is 11.6. The SMILES string of the molecule is COc1ccc(S(=O)(=O)N2CCC(NC(=O)N3CCc4cc(C)ccc43)CC2)cc1. The molecule has 1 fully saturated rings. The molecule has 4 rings (SSSR count). The van der Waals surface area contributed by atoms with Crippen molar-refractivity contribution in [3.8, 4) is 5.75 Å². The molecule has 160 valence electrons. The summed E-state index contributed by atoms with van der Waals surface area (Å²) in [5.74, 6) is 0.619. The van der Waals surface area contributed by atoms with Gasteiger partial charge in [0.05, 0.1) is 12.0 Å². The fourth-order valence-corrected chi connectivity index (χ4v) is 5.60. The number of fused-ring (bicyclic) bond motifs is 1. The normalized spacial score (nSPS) is 17.6. The molecular weight excluding hydrogens is 402 g/mol. The average molecular weight is 430 g/mol. The van der Waals surface area contributed by atoms with Crippen LogP contribution in [0.5, 0.6) is 5.75 Å². The Morgan fingerprint density at radius 3 is 2.43 bits per heavy atom. The molecular formula is C22H27N3O4S. The van der Waals surface area contributed by atoms with Gasteiger partial charge in [0.25, 0.3) is 0 Å². The van der Waals surface area contributed by atoms with Crippen LogP contribution in [-0.2, 0) is 16.4 Å². The molecule has 8 heteroatoms. The maximum absolute atomic E-state index is 12.9. The number of benzene rings is 2. The van der Waals surface area contributed by atoms with Crippen molar-refractivity contribution in [3.05, 3.63) is 53.6 Å². The summed E-state index contributed by atoms with van der Waals surface area (Å²) in [4.78, 5) is 14.8. The van der Waals surface area contributed by atoms with E-state index >= 15 is 0 Å². The van der Waals surface area contributed by atoms with Crippen molar-refractivity contribution >= 4 is 21.7 Å². The zero-order valence-corrected chi connectivity index (χ0v) is 18.1. The molecule has 2 aromatic rings. The monoisotopic (exact) mass is 429 g/mol. The summed E-state index contributed by atoms with van der Waals surface area (Å²) in [7, 11) is -2.00. The van der Waals surface area contributed by atoms with Gasteiger partial charge in [0.1, 0.15) is 5.75 Å². The third kappa shape index (κ3) is 4.02. The smallest absolute Gasteiger partial charge is 0.322 e. The summed E-state index contributed by atoms with van der Waals surface area (Å²) in [5, 5.41) is 3.09.